The van der Waals surface area contributed by atoms with Gasteiger partial charge in [-0.05, 0) is 23.8 Å². The van der Waals surface area contributed by atoms with Gasteiger partial charge in [0.2, 0.25) is 0 Å². The Balaban J connectivity index is 2.17. The fourth-order valence-corrected chi connectivity index (χ4v) is 1.98. The van der Waals surface area contributed by atoms with Crippen molar-refractivity contribution < 1.29 is 9.90 Å². The quantitative estimate of drug-likeness (QED) is 0.805. The molecule has 2 aromatic rings. The second kappa shape index (κ2) is 5.71. The van der Waals surface area contributed by atoms with Crippen molar-refractivity contribution in [2.75, 3.05) is 11.1 Å². The number of nitrogens with one attached hydrogen (secondary N) is 1. The summed E-state index contributed by atoms with van der Waals surface area (Å²) in [5, 5.41) is 11.9. The number of carboxylic acid groups (broad SMARTS) is 1. The SMILES string of the molecule is Nc1ccc(C(=O)O)nc1NCc1ccccc1Br. The third-order valence-corrected chi connectivity index (χ3v) is 3.32. The van der Waals surface area contributed by atoms with Crippen LogP contribution in [0, 0.1) is 0 Å². The molecule has 0 spiro atoms. The second-order valence-corrected chi connectivity index (χ2v) is 4.74. The summed E-state index contributed by atoms with van der Waals surface area (Å²) < 4.78 is 0.968. The number of anilines is 2. The Labute approximate surface area is 118 Å². The molecule has 0 radical (unpaired) electrons. The van der Waals surface area contributed by atoms with Crippen LogP contribution in [0.1, 0.15) is 16.1 Å². The molecule has 4 N–H and O–H groups in total. The van der Waals surface area contributed by atoms with Gasteiger partial charge >= 0.3 is 5.97 Å². The standard InChI is InChI=1S/C13H12BrN3O2/c14-9-4-2-1-3-8(9)7-16-12-10(15)5-6-11(17-12)13(18)19/h1-6H,7,15H2,(H,16,17)(H,18,19). The first kappa shape index (κ1) is 13.4. The molecule has 6 heteroatoms. The number of rotatable bonds is 4. The molecule has 0 aliphatic heterocycles. The van der Waals surface area contributed by atoms with Crippen LogP contribution < -0.4 is 11.1 Å². The van der Waals surface area contributed by atoms with Crippen LogP contribution in [-0.2, 0) is 6.54 Å². The van der Waals surface area contributed by atoms with Gasteiger partial charge in [0, 0.05) is 11.0 Å². The molecule has 0 fully saturated rings. The van der Waals surface area contributed by atoms with E-state index in [0.29, 0.717) is 18.1 Å². The maximum absolute atomic E-state index is 10.9. The van der Waals surface area contributed by atoms with Gasteiger partial charge in [0.25, 0.3) is 0 Å². The van der Waals surface area contributed by atoms with Crippen molar-refractivity contribution in [3.63, 3.8) is 0 Å². The largest absolute Gasteiger partial charge is 0.477 e. The van der Waals surface area contributed by atoms with Crippen molar-refractivity contribution >= 4 is 33.4 Å². The zero-order valence-corrected chi connectivity index (χ0v) is 11.5. The Bertz CT molecular complexity index is 617. The fourth-order valence-electron chi connectivity index (χ4n) is 1.55. The van der Waals surface area contributed by atoms with E-state index in [0.717, 1.165) is 10.0 Å². The van der Waals surface area contributed by atoms with Crippen molar-refractivity contribution in [2.24, 2.45) is 0 Å². The summed E-state index contributed by atoms with van der Waals surface area (Å²) in [6, 6.07) is 10.6. The molecule has 0 aliphatic rings. The summed E-state index contributed by atoms with van der Waals surface area (Å²) in [5.41, 5.74) is 7.17. The number of nitrogens with two attached hydrogens (primary N) is 1. The zero-order valence-electron chi connectivity index (χ0n) is 9.93. The first-order valence-corrected chi connectivity index (χ1v) is 6.34. The maximum Gasteiger partial charge on any atom is 0.354 e. The van der Waals surface area contributed by atoms with Crippen LogP contribution in [0.2, 0.25) is 0 Å². The van der Waals surface area contributed by atoms with Gasteiger partial charge in [-0.3, -0.25) is 0 Å². The molecule has 0 saturated heterocycles. The number of aromatic carboxylic acids is 1. The third kappa shape index (κ3) is 3.23. The Morgan fingerprint density at radius 3 is 2.74 bits per heavy atom. The molecule has 0 atom stereocenters. The minimum Gasteiger partial charge on any atom is -0.477 e. The molecule has 2 rings (SSSR count). The monoisotopic (exact) mass is 321 g/mol. The average Bonchev–Trinajstić information content (AvgIpc) is 2.39. The molecule has 0 unspecified atom stereocenters. The molecular formula is C13H12BrN3O2. The lowest BCUT2D eigenvalue weighted by Gasteiger charge is -2.10. The highest BCUT2D eigenvalue weighted by Crippen LogP contribution is 2.20. The van der Waals surface area contributed by atoms with Gasteiger partial charge in [-0.1, -0.05) is 34.1 Å². The molecule has 0 bridgehead atoms. The lowest BCUT2D eigenvalue weighted by atomic mass is 10.2. The minimum atomic E-state index is -1.08. The van der Waals surface area contributed by atoms with Crippen molar-refractivity contribution in [1.29, 1.82) is 0 Å². The Kier molecular flexibility index (Phi) is 4.01. The molecule has 19 heavy (non-hydrogen) atoms. The summed E-state index contributed by atoms with van der Waals surface area (Å²) in [6.07, 6.45) is 0. The van der Waals surface area contributed by atoms with Crippen LogP contribution in [0.5, 0.6) is 0 Å². The highest BCUT2D eigenvalue weighted by atomic mass is 79.9. The van der Waals surface area contributed by atoms with Crippen LogP contribution >= 0.6 is 15.9 Å². The second-order valence-electron chi connectivity index (χ2n) is 3.88. The van der Waals surface area contributed by atoms with Gasteiger partial charge in [-0.2, -0.15) is 0 Å². The number of halogens is 1. The van der Waals surface area contributed by atoms with Crippen molar-refractivity contribution in [1.82, 2.24) is 4.98 Å². The van der Waals surface area contributed by atoms with E-state index >= 15 is 0 Å². The van der Waals surface area contributed by atoms with Crippen LogP contribution in [0.3, 0.4) is 0 Å². The van der Waals surface area contributed by atoms with Crippen molar-refractivity contribution in [3.8, 4) is 0 Å². The van der Waals surface area contributed by atoms with E-state index < -0.39 is 5.97 Å². The molecule has 0 saturated carbocycles. The van der Waals surface area contributed by atoms with E-state index in [9.17, 15) is 4.79 Å². The summed E-state index contributed by atoms with van der Waals surface area (Å²) in [5.74, 6) is -0.709. The van der Waals surface area contributed by atoms with Crippen molar-refractivity contribution in [2.45, 2.75) is 6.54 Å². The molecular weight excluding hydrogens is 310 g/mol. The van der Waals surface area contributed by atoms with E-state index in [2.05, 4.69) is 26.2 Å². The van der Waals surface area contributed by atoms with Gasteiger partial charge < -0.3 is 16.2 Å². The van der Waals surface area contributed by atoms with E-state index in [1.165, 1.54) is 12.1 Å². The number of aromatic nitrogens is 1. The van der Waals surface area contributed by atoms with Gasteiger partial charge in [0.05, 0.1) is 5.69 Å². The van der Waals surface area contributed by atoms with E-state index in [1.54, 1.807) is 0 Å². The Morgan fingerprint density at radius 1 is 1.32 bits per heavy atom. The normalized spacial score (nSPS) is 10.2. The first-order valence-electron chi connectivity index (χ1n) is 5.55. The van der Waals surface area contributed by atoms with Gasteiger partial charge in [-0.15, -0.1) is 0 Å². The number of carbonyl (C=O) groups is 1. The summed E-state index contributed by atoms with van der Waals surface area (Å²) >= 11 is 3.44. The summed E-state index contributed by atoms with van der Waals surface area (Å²) in [7, 11) is 0. The number of carboxylic acids is 1. The van der Waals surface area contributed by atoms with Crippen molar-refractivity contribution in [3.05, 3.63) is 52.1 Å². The van der Waals surface area contributed by atoms with Gasteiger partial charge in [-0.25, -0.2) is 9.78 Å². The lowest BCUT2D eigenvalue weighted by molar-refractivity contribution is 0.0690. The fraction of sp³-hybridized carbons (Fsp3) is 0.0769. The smallest absolute Gasteiger partial charge is 0.354 e. The molecule has 1 aromatic carbocycles. The Morgan fingerprint density at radius 2 is 2.05 bits per heavy atom. The predicted octanol–water partition coefficient (Wildman–Crippen LogP) is 2.74. The maximum atomic E-state index is 10.9. The van der Waals surface area contributed by atoms with Crippen LogP contribution in [-0.4, -0.2) is 16.1 Å². The molecule has 98 valence electrons. The lowest BCUT2D eigenvalue weighted by Crippen LogP contribution is -2.08. The van der Waals surface area contributed by atoms with E-state index in [4.69, 9.17) is 10.8 Å². The predicted molar refractivity (Wildman–Crippen MR) is 77.1 cm³/mol. The topological polar surface area (TPSA) is 88.2 Å². The number of pyridine rings is 1. The number of nitrogen functional groups attached to an aromatic ring is 1. The molecule has 1 heterocycles. The van der Waals surface area contributed by atoms with Crippen LogP contribution in [0.15, 0.2) is 40.9 Å². The summed E-state index contributed by atoms with van der Waals surface area (Å²) in [6.45, 7) is 0.502. The number of nitrogens with zero attached hydrogens (tertiary/aromatic N) is 1. The van der Waals surface area contributed by atoms with E-state index in [-0.39, 0.29) is 5.69 Å². The zero-order chi connectivity index (χ0) is 13.8. The molecule has 5 nitrogen and oxygen atoms in total. The molecule has 0 amide bonds. The molecule has 0 aliphatic carbocycles. The molecule has 1 aromatic heterocycles. The first-order chi connectivity index (χ1) is 9.08. The minimum absolute atomic E-state index is 0.0381. The van der Waals surface area contributed by atoms with E-state index in [1.807, 2.05) is 24.3 Å². The summed E-state index contributed by atoms with van der Waals surface area (Å²) in [4.78, 5) is 14.8. The third-order valence-electron chi connectivity index (χ3n) is 2.55. The number of benzene rings is 1. The highest BCUT2D eigenvalue weighted by Gasteiger charge is 2.08. The number of hydrogen-bond acceptors (Lipinski definition) is 4. The highest BCUT2D eigenvalue weighted by molar-refractivity contribution is 9.10. The Hall–Kier alpha value is -2.08. The number of hydrogen-bond donors (Lipinski definition) is 3. The van der Waals surface area contributed by atoms with Crippen LogP contribution in [0.4, 0.5) is 11.5 Å². The van der Waals surface area contributed by atoms with Gasteiger partial charge in [0.1, 0.15) is 5.82 Å². The van der Waals surface area contributed by atoms with Gasteiger partial charge in [0.15, 0.2) is 5.69 Å². The van der Waals surface area contributed by atoms with Crippen LogP contribution in [0.25, 0.3) is 0 Å². The average molecular weight is 322 g/mol.